The minimum atomic E-state index is -0.0418. The van der Waals surface area contributed by atoms with Crippen molar-refractivity contribution in [2.45, 2.75) is 6.92 Å². The first-order valence-electron chi connectivity index (χ1n) is 6.63. The second kappa shape index (κ2) is 7.12. The van der Waals surface area contributed by atoms with Crippen molar-refractivity contribution in [1.29, 1.82) is 0 Å². The highest BCUT2D eigenvalue weighted by Gasteiger charge is 2.00. The van der Waals surface area contributed by atoms with Crippen LogP contribution >= 0.6 is 0 Å². The fraction of sp³-hybridized carbons (Fsp3) is 0.105. The van der Waals surface area contributed by atoms with Gasteiger partial charge < -0.3 is 4.74 Å². The van der Waals surface area contributed by atoms with E-state index in [-0.39, 0.29) is 5.78 Å². The number of ether oxygens (including phenoxy) is 1. The van der Waals surface area contributed by atoms with Crippen LogP contribution in [0.4, 0.5) is 0 Å². The molecule has 0 unspecified atom stereocenters. The molecule has 0 saturated carbocycles. The summed E-state index contributed by atoms with van der Waals surface area (Å²) in [5, 5.41) is 0. The molecule has 0 amide bonds. The van der Waals surface area contributed by atoms with Gasteiger partial charge in [-0.1, -0.05) is 42.2 Å². The van der Waals surface area contributed by atoms with Gasteiger partial charge in [-0.15, -0.1) is 0 Å². The molecular formula is C19H16O2. The van der Waals surface area contributed by atoms with E-state index in [2.05, 4.69) is 11.8 Å². The zero-order valence-electron chi connectivity index (χ0n) is 12.1. The summed E-state index contributed by atoms with van der Waals surface area (Å²) in [6.45, 7) is 1.53. The summed E-state index contributed by atoms with van der Waals surface area (Å²) in [6, 6.07) is 17.1. The monoisotopic (exact) mass is 276 g/mol. The van der Waals surface area contributed by atoms with E-state index in [1.54, 1.807) is 13.2 Å². The van der Waals surface area contributed by atoms with Crippen LogP contribution in [-0.2, 0) is 4.79 Å². The number of hydrogen-bond donors (Lipinski definition) is 0. The van der Waals surface area contributed by atoms with Crippen LogP contribution < -0.4 is 4.74 Å². The Hall–Kier alpha value is -2.79. The van der Waals surface area contributed by atoms with Gasteiger partial charge in [0.1, 0.15) is 5.75 Å². The number of Topliss-reactive ketones (excluding diaryl/α,β-unsaturated/α-hetero) is 1. The first-order valence-corrected chi connectivity index (χ1v) is 6.63. The van der Waals surface area contributed by atoms with Gasteiger partial charge >= 0.3 is 0 Å². The third-order valence-electron chi connectivity index (χ3n) is 2.92. The van der Waals surface area contributed by atoms with Gasteiger partial charge in [0.25, 0.3) is 0 Å². The highest BCUT2D eigenvalue weighted by molar-refractivity contribution is 6.02. The SMILES string of the molecule is COc1ccc(C#CC(=Cc2ccccc2)C(C)=O)cc1. The largest absolute Gasteiger partial charge is 0.497 e. The summed E-state index contributed by atoms with van der Waals surface area (Å²) >= 11 is 0. The number of carbonyl (C=O) groups excluding carboxylic acids is 1. The molecule has 0 aliphatic carbocycles. The summed E-state index contributed by atoms with van der Waals surface area (Å²) in [6.07, 6.45) is 1.80. The standard InChI is InChI=1S/C19H16O2/c1-15(20)18(14-17-6-4-3-5-7-17)11-8-16-9-12-19(21-2)13-10-16/h3-7,9-10,12-14H,1-2H3. The van der Waals surface area contributed by atoms with Crippen molar-refractivity contribution < 1.29 is 9.53 Å². The van der Waals surface area contributed by atoms with E-state index in [0.29, 0.717) is 5.57 Å². The average Bonchev–Trinajstić information content (AvgIpc) is 2.52. The Morgan fingerprint density at radius 2 is 1.71 bits per heavy atom. The minimum absolute atomic E-state index is 0.0418. The number of methoxy groups -OCH3 is 1. The highest BCUT2D eigenvalue weighted by atomic mass is 16.5. The Morgan fingerprint density at radius 1 is 1.05 bits per heavy atom. The molecule has 2 rings (SSSR count). The molecule has 0 radical (unpaired) electrons. The van der Waals surface area contributed by atoms with E-state index in [1.807, 2.05) is 54.6 Å². The molecule has 0 aliphatic rings. The Bertz CT molecular complexity index is 699. The second-order valence-corrected chi connectivity index (χ2v) is 4.50. The number of benzene rings is 2. The van der Waals surface area contributed by atoms with Crippen LogP contribution in [0.2, 0.25) is 0 Å². The van der Waals surface area contributed by atoms with Crippen LogP contribution in [0, 0.1) is 11.8 Å². The first kappa shape index (κ1) is 14.6. The van der Waals surface area contributed by atoms with E-state index in [0.717, 1.165) is 16.9 Å². The molecule has 0 heterocycles. The van der Waals surface area contributed by atoms with Crippen molar-refractivity contribution >= 4 is 11.9 Å². The van der Waals surface area contributed by atoms with E-state index >= 15 is 0 Å². The van der Waals surface area contributed by atoms with Gasteiger partial charge in [-0.3, -0.25) is 4.79 Å². The predicted molar refractivity (Wildman–Crippen MR) is 85.0 cm³/mol. The molecular weight excluding hydrogens is 260 g/mol. The highest BCUT2D eigenvalue weighted by Crippen LogP contribution is 2.11. The molecule has 0 bridgehead atoms. The van der Waals surface area contributed by atoms with E-state index in [1.165, 1.54) is 6.92 Å². The quantitative estimate of drug-likeness (QED) is 0.631. The van der Waals surface area contributed by atoms with Gasteiger partial charge in [0.15, 0.2) is 5.78 Å². The molecule has 0 atom stereocenters. The van der Waals surface area contributed by atoms with Crippen molar-refractivity contribution in [3.8, 4) is 17.6 Å². The van der Waals surface area contributed by atoms with E-state index in [4.69, 9.17) is 4.74 Å². The number of rotatable bonds is 3. The van der Waals surface area contributed by atoms with E-state index in [9.17, 15) is 4.79 Å². The Morgan fingerprint density at radius 3 is 2.29 bits per heavy atom. The Kier molecular flexibility index (Phi) is 4.95. The number of ketones is 1. The van der Waals surface area contributed by atoms with Crippen LogP contribution in [0.3, 0.4) is 0 Å². The van der Waals surface area contributed by atoms with Gasteiger partial charge in [0.05, 0.1) is 12.7 Å². The lowest BCUT2D eigenvalue weighted by atomic mass is 10.1. The zero-order valence-corrected chi connectivity index (χ0v) is 12.1. The van der Waals surface area contributed by atoms with Gasteiger partial charge in [-0.05, 0) is 42.8 Å². The van der Waals surface area contributed by atoms with Crippen molar-refractivity contribution in [2.24, 2.45) is 0 Å². The summed E-state index contributed by atoms with van der Waals surface area (Å²) in [5.74, 6) is 6.69. The van der Waals surface area contributed by atoms with Crippen molar-refractivity contribution in [1.82, 2.24) is 0 Å². The lowest BCUT2D eigenvalue weighted by Gasteiger charge is -1.98. The van der Waals surface area contributed by atoms with Gasteiger partial charge in [0, 0.05) is 5.56 Å². The molecule has 0 spiro atoms. The van der Waals surface area contributed by atoms with Crippen molar-refractivity contribution in [3.05, 3.63) is 71.3 Å². The molecule has 0 aliphatic heterocycles. The predicted octanol–water partition coefficient (Wildman–Crippen LogP) is 3.72. The fourth-order valence-corrected chi connectivity index (χ4v) is 1.76. The summed E-state index contributed by atoms with van der Waals surface area (Å²) in [7, 11) is 1.62. The van der Waals surface area contributed by atoms with Crippen LogP contribution in [0.15, 0.2) is 60.2 Å². The third kappa shape index (κ3) is 4.36. The molecule has 0 saturated heterocycles. The molecule has 2 nitrogen and oxygen atoms in total. The number of hydrogen-bond acceptors (Lipinski definition) is 2. The van der Waals surface area contributed by atoms with Crippen molar-refractivity contribution in [3.63, 3.8) is 0 Å². The van der Waals surface area contributed by atoms with Gasteiger partial charge in [0.2, 0.25) is 0 Å². The van der Waals surface area contributed by atoms with Crippen molar-refractivity contribution in [2.75, 3.05) is 7.11 Å². The maximum absolute atomic E-state index is 11.7. The maximum atomic E-state index is 11.7. The molecule has 0 fully saturated rings. The molecule has 2 heteroatoms. The molecule has 104 valence electrons. The average molecular weight is 276 g/mol. The van der Waals surface area contributed by atoms with Crippen LogP contribution in [0.5, 0.6) is 5.75 Å². The molecule has 0 aromatic heterocycles. The fourth-order valence-electron chi connectivity index (χ4n) is 1.76. The molecule has 2 aromatic rings. The normalized spacial score (nSPS) is 10.5. The van der Waals surface area contributed by atoms with E-state index < -0.39 is 0 Å². The van der Waals surface area contributed by atoms with Gasteiger partial charge in [-0.2, -0.15) is 0 Å². The summed E-state index contributed by atoms with van der Waals surface area (Å²) in [5.41, 5.74) is 2.31. The number of allylic oxidation sites excluding steroid dienone is 1. The minimum Gasteiger partial charge on any atom is -0.497 e. The third-order valence-corrected chi connectivity index (χ3v) is 2.92. The van der Waals surface area contributed by atoms with Crippen LogP contribution in [0.1, 0.15) is 18.1 Å². The van der Waals surface area contributed by atoms with Crippen LogP contribution in [-0.4, -0.2) is 12.9 Å². The summed E-state index contributed by atoms with van der Waals surface area (Å²) < 4.78 is 5.10. The molecule has 2 aromatic carbocycles. The maximum Gasteiger partial charge on any atom is 0.168 e. The number of carbonyl (C=O) groups is 1. The smallest absolute Gasteiger partial charge is 0.168 e. The van der Waals surface area contributed by atoms with Gasteiger partial charge in [-0.25, -0.2) is 0 Å². The second-order valence-electron chi connectivity index (χ2n) is 4.50. The zero-order chi connectivity index (χ0) is 15.1. The van der Waals surface area contributed by atoms with Crippen LogP contribution in [0.25, 0.3) is 6.08 Å². The lowest BCUT2D eigenvalue weighted by Crippen LogP contribution is -1.93. The molecule has 0 N–H and O–H groups in total. The topological polar surface area (TPSA) is 26.3 Å². The lowest BCUT2D eigenvalue weighted by molar-refractivity contribution is -0.113. The Labute approximate surface area is 125 Å². The first-order chi connectivity index (χ1) is 10.2. The summed E-state index contributed by atoms with van der Waals surface area (Å²) in [4.78, 5) is 11.7. The Balaban J connectivity index is 2.27. The molecule has 21 heavy (non-hydrogen) atoms.